The predicted octanol–water partition coefficient (Wildman–Crippen LogP) is 3.97. The van der Waals surface area contributed by atoms with Gasteiger partial charge in [0.2, 0.25) is 5.90 Å². The fraction of sp³-hybridized carbons (Fsp3) is 0.105. The third kappa shape index (κ3) is 4.03. The van der Waals surface area contributed by atoms with Gasteiger partial charge in [0.15, 0.2) is 5.70 Å². The Morgan fingerprint density at radius 1 is 1.24 bits per heavy atom. The lowest BCUT2D eigenvalue weighted by Crippen LogP contribution is -2.05. The average molecular weight is 400 g/mol. The number of aliphatic imine (C=N–C) groups is 1. The van der Waals surface area contributed by atoms with Crippen LogP contribution in [0.2, 0.25) is 0 Å². The molecule has 0 aromatic heterocycles. The van der Waals surface area contributed by atoms with Gasteiger partial charge in [0.05, 0.1) is 12.2 Å². The molecule has 6 heteroatoms. The van der Waals surface area contributed by atoms with E-state index in [9.17, 15) is 9.59 Å². The van der Waals surface area contributed by atoms with Gasteiger partial charge in [-0.2, -0.15) is 0 Å². The van der Waals surface area contributed by atoms with Crippen LogP contribution < -0.4 is 0 Å². The van der Waals surface area contributed by atoms with E-state index in [1.807, 2.05) is 24.3 Å². The minimum atomic E-state index is -0.510. The molecule has 0 atom stereocenters. The molecule has 126 valence electrons. The number of carbonyl (C=O) groups excluding carboxylic acids is 2. The number of nitrogens with zero attached hydrogens (tertiary/aromatic N) is 1. The predicted molar refractivity (Wildman–Crippen MR) is 97.1 cm³/mol. The van der Waals surface area contributed by atoms with Crippen molar-refractivity contribution in [1.29, 1.82) is 0 Å². The number of hydrogen-bond donors (Lipinski definition) is 0. The molecule has 0 N–H and O–H groups in total. The van der Waals surface area contributed by atoms with Gasteiger partial charge in [-0.15, -0.1) is 0 Å². The standard InChI is InChI=1S/C19H14BrNO4/c1-2-24-18(22)13-8-6-12(7-9-13)10-16-19(23)25-17(21-16)14-4-3-5-15(20)11-14/h3-11H,2H2,1H3/b16-10-. The highest BCUT2D eigenvalue weighted by molar-refractivity contribution is 9.10. The summed E-state index contributed by atoms with van der Waals surface area (Å²) in [5.41, 5.74) is 2.11. The summed E-state index contributed by atoms with van der Waals surface area (Å²) in [6.45, 7) is 2.08. The second-order valence-corrected chi connectivity index (χ2v) is 6.10. The maximum atomic E-state index is 12.0. The Kier molecular flexibility index (Phi) is 5.09. The fourth-order valence-electron chi connectivity index (χ4n) is 2.24. The van der Waals surface area contributed by atoms with Crippen molar-refractivity contribution in [2.24, 2.45) is 4.99 Å². The van der Waals surface area contributed by atoms with Crippen LogP contribution in [0.25, 0.3) is 6.08 Å². The first-order valence-electron chi connectivity index (χ1n) is 7.62. The molecule has 0 saturated carbocycles. The lowest BCUT2D eigenvalue weighted by Gasteiger charge is -2.01. The second-order valence-electron chi connectivity index (χ2n) is 5.19. The topological polar surface area (TPSA) is 65.0 Å². The van der Waals surface area contributed by atoms with Crippen molar-refractivity contribution in [2.75, 3.05) is 6.61 Å². The van der Waals surface area contributed by atoms with Crippen LogP contribution in [0, 0.1) is 0 Å². The van der Waals surface area contributed by atoms with Crippen LogP contribution in [0.1, 0.15) is 28.4 Å². The third-order valence-electron chi connectivity index (χ3n) is 3.42. The normalized spacial score (nSPS) is 15.0. The van der Waals surface area contributed by atoms with Crippen LogP contribution in [0.4, 0.5) is 0 Å². The Morgan fingerprint density at radius 2 is 2.00 bits per heavy atom. The van der Waals surface area contributed by atoms with Gasteiger partial charge in [-0.05, 0) is 48.9 Å². The molecule has 1 aliphatic heterocycles. The lowest BCUT2D eigenvalue weighted by molar-refractivity contribution is -0.129. The van der Waals surface area contributed by atoms with Gasteiger partial charge in [0, 0.05) is 10.0 Å². The van der Waals surface area contributed by atoms with Crippen LogP contribution in [-0.4, -0.2) is 24.4 Å². The lowest BCUT2D eigenvalue weighted by atomic mass is 10.1. The molecule has 5 nitrogen and oxygen atoms in total. The van der Waals surface area contributed by atoms with Gasteiger partial charge in [0.1, 0.15) is 0 Å². The second kappa shape index (κ2) is 7.44. The zero-order valence-electron chi connectivity index (χ0n) is 13.4. The molecule has 0 radical (unpaired) electrons. The molecule has 0 fully saturated rings. The maximum Gasteiger partial charge on any atom is 0.363 e. The largest absolute Gasteiger partial charge is 0.462 e. The summed E-state index contributed by atoms with van der Waals surface area (Å²) in [6.07, 6.45) is 1.61. The van der Waals surface area contributed by atoms with E-state index in [1.165, 1.54) is 0 Å². The van der Waals surface area contributed by atoms with Crippen molar-refractivity contribution in [3.63, 3.8) is 0 Å². The molecule has 0 spiro atoms. The molecule has 0 unspecified atom stereocenters. The quantitative estimate of drug-likeness (QED) is 0.576. The fourth-order valence-corrected chi connectivity index (χ4v) is 2.64. The van der Waals surface area contributed by atoms with Crippen molar-refractivity contribution >= 4 is 39.8 Å². The zero-order chi connectivity index (χ0) is 17.8. The van der Waals surface area contributed by atoms with Gasteiger partial charge in [0.25, 0.3) is 0 Å². The van der Waals surface area contributed by atoms with E-state index in [4.69, 9.17) is 9.47 Å². The first-order valence-corrected chi connectivity index (χ1v) is 8.42. The van der Waals surface area contributed by atoms with Crippen molar-refractivity contribution in [3.05, 3.63) is 75.4 Å². The number of carbonyl (C=O) groups is 2. The highest BCUT2D eigenvalue weighted by Crippen LogP contribution is 2.21. The molecule has 0 bridgehead atoms. The highest BCUT2D eigenvalue weighted by Gasteiger charge is 2.24. The number of ether oxygens (including phenoxy) is 2. The van der Waals surface area contributed by atoms with Gasteiger partial charge in [-0.25, -0.2) is 14.6 Å². The zero-order valence-corrected chi connectivity index (χ0v) is 14.9. The van der Waals surface area contributed by atoms with Crippen molar-refractivity contribution < 1.29 is 19.1 Å². The van der Waals surface area contributed by atoms with Crippen LogP contribution in [0.3, 0.4) is 0 Å². The Bertz CT molecular complexity index is 885. The first-order chi connectivity index (χ1) is 12.1. The van der Waals surface area contributed by atoms with Crippen LogP contribution >= 0.6 is 15.9 Å². The summed E-state index contributed by atoms with van der Waals surface area (Å²) in [4.78, 5) is 27.9. The molecule has 1 heterocycles. The van der Waals surface area contributed by atoms with E-state index in [-0.39, 0.29) is 17.6 Å². The molecule has 1 aliphatic rings. The number of halogens is 1. The van der Waals surface area contributed by atoms with Crippen molar-refractivity contribution in [3.8, 4) is 0 Å². The minimum Gasteiger partial charge on any atom is -0.462 e. The molecule has 0 saturated heterocycles. The number of benzene rings is 2. The Balaban J connectivity index is 1.83. The molecule has 25 heavy (non-hydrogen) atoms. The van der Waals surface area contributed by atoms with E-state index >= 15 is 0 Å². The summed E-state index contributed by atoms with van der Waals surface area (Å²) in [5.74, 6) is -0.623. The smallest absolute Gasteiger partial charge is 0.363 e. The van der Waals surface area contributed by atoms with E-state index in [1.54, 1.807) is 37.3 Å². The Labute approximate surface area is 153 Å². The van der Waals surface area contributed by atoms with Gasteiger partial charge in [-0.3, -0.25) is 0 Å². The van der Waals surface area contributed by atoms with Crippen LogP contribution in [-0.2, 0) is 14.3 Å². The number of esters is 2. The van der Waals surface area contributed by atoms with E-state index in [0.717, 1.165) is 10.0 Å². The summed E-state index contributed by atoms with van der Waals surface area (Å²) in [6, 6.07) is 14.1. The van der Waals surface area contributed by atoms with Crippen molar-refractivity contribution in [1.82, 2.24) is 0 Å². The van der Waals surface area contributed by atoms with Crippen molar-refractivity contribution in [2.45, 2.75) is 6.92 Å². The SMILES string of the molecule is CCOC(=O)c1ccc(/C=C2\N=C(c3cccc(Br)c3)OC2=O)cc1. The number of cyclic esters (lactones) is 1. The average Bonchev–Trinajstić information content (AvgIpc) is 2.96. The molecule has 3 rings (SSSR count). The first kappa shape index (κ1) is 17.1. The van der Waals surface area contributed by atoms with Crippen LogP contribution in [0.15, 0.2) is 63.7 Å². The van der Waals surface area contributed by atoms with Crippen LogP contribution in [0.5, 0.6) is 0 Å². The summed E-state index contributed by atoms with van der Waals surface area (Å²) in [7, 11) is 0. The van der Waals surface area contributed by atoms with E-state index in [0.29, 0.717) is 17.7 Å². The molecule has 2 aromatic rings. The maximum absolute atomic E-state index is 12.0. The highest BCUT2D eigenvalue weighted by atomic mass is 79.9. The summed E-state index contributed by atoms with van der Waals surface area (Å²) >= 11 is 3.37. The Morgan fingerprint density at radius 3 is 2.68 bits per heavy atom. The van der Waals surface area contributed by atoms with E-state index < -0.39 is 5.97 Å². The molecule has 0 aliphatic carbocycles. The monoisotopic (exact) mass is 399 g/mol. The molecule has 0 amide bonds. The summed E-state index contributed by atoms with van der Waals surface area (Å²) < 4.78 is 11.0. The van der Waals surface area contributed by atoms with Gasteiger partial charge >= 0.3 is 11.9 Å². The number of rotatable bonds is 4. The van der Waals surface area contributed by atoms with Gasteiger partial charge < -0.3 is 9.47 Å². The molecular weight excluding hydrogens is 386 g/mol. The molecule has 2 aromatic carbocycles. The Hall–Kier alpha value is -2.73. The number of hydrogen-bond acceptors (Lipinski definition) is 5. The van der Waals surface area contributed by atoms with E-state index in [2.05, 4.69) is 20.9 Å². The minimum absolute atomic E-state index is 0.207. The molecular formula is C19H14BrNO4. The third-order valence-corrected chi connectivity index (χ3v) is 3.91. The summed E-state index contributed by atoms with van der Waals surface area (Å²) in [5, 5.41) is 0. The van der Waals surface area contributed by atoms with Gasteiger partial charge in [-0.1, -0.05) is 34.1 Å².